The van der Waals surface area contributed by atoms with Crippen LogP contribution in [0.25, 0.3) is 0 Å². The van der Waals surface area contributed by atoms with Gasteiger partial charge >= 0.3 is 0 Å². The van der Waals surface area contributed by atoms with E-state index >= 15 is 0 Å². The molecule has 2 nitrogen and oxygen atoms in total. The first-order chi connectivity index (χ1) is 9.70. The highest BCUT2D eigenvalue weighted by Crippen LogP contribution is 2.25. The first-order valence-corrected chi connectivity index (χ1v) is 7.81. The highest BCUT2D eigenvalue weighted by Gasteiger charge is 2.18. The molecule has 2 unspecified atom stereocenters. The summed E-state index contributed by atoms with van der Waals surface area (Å²) in [5.41, 5.74) is 1.75. The van der Waals surface area contributed by atoms with Crippen LogP contribution in [0, 0.1) is 12.7 Å². The van der Waals surface area contributed by atoms with E-state index in [1.54, 1.807) is 13.0 Å². The maximum atomic E-state index is 13.7. The Morgan fingerprint density at radius 3 is 2.90 bits per heavy atom. The quantitative estimate of drug-likeness (QED) is 0.845. The number of hydrogen-bond acceptors (Lipinski definition) is 2. The minimum atomic E-state index is -0.112. The van der Waals surface area contributed by atoms with E-state index in [0.29, 0.717) is 11.7 Å². The SMILES string of the molecule is CCNC(CCC1CCCCO1)c1ccc(C)c(F)c1. The molecular formula is C17H26FNO. The van der Waals surface area contributed by atoms with Gasteiger partial charge in [0.25, 0.3) is 0 Å². The fraction of sp³-hybridized carbons (Fsp3) is 0.647. The van der Waals surface area contributed by atoms with Gasteiger partial charge in [0.15, 0.2) is 0 Å². The summed E-state index contributed by atoms with van der Waals surface area (Å²) in [6.07, 6.45) is 6.07. The van der Waals surface area contributed by atoms with Gasteiger partial charge in [0.2, 0.25) is 0 Å². The van der Waals surface area contributed by atoms with Gasteiger partial charge in [-0.2, -0.15) is 0 Å². The van der Waals surface area contributed by atoms with Crippen LogP contribution < -0.4 is 5.32 Å². The number of benzene rings is 1. The van der Waals surface area contributed by atoms with Gasteiger partial charge < -0.3 is 10.1 Å². The number of nitrogens with one attached hydrogen (secondary N) is 1. The molecule has 1 aliphatic rings. The number of hydrogen-bond donors (Lipinski definition) is 1. The zero-order chi connectivity index (χ0) is 14.4. The van der Waals surface area contributed by atoms with E-state index in [4.69, 9.17) is 4.74 Å². The number of ether oxygens (including phenoxy) is 1. The smallest absolute Gasteiger partial charge is 0.126 e. The third kappa shape index (κ3) is 4.29. The fourth-order valence-corrected chi connectivity index (χ4v) is 2.85. The van der Waals surface area contributed by atoms with E-state index in [1.807, 2.05) is 12.1 Å². The first kappa shape index (κ1) is 15.5. The molecule has 20 heavy (non-hydrogen) atoms. The van der Waals surface area contributed by atoms with Gasteiger partial charge in [-0.3, -0.25) is 0 Å². The summed E-state index contributed by atoms with van der Waals surface area (Å²) in [5.74, 6) is -0.112. The van der Waals surface area contributed by atoms with Crippen molar-refractivity contribution >= 4 is 0 Å². The molecule has 1 heterocycles. The zero-order valence-electron chi connectivity index (χ0n) is 12.6. The van der Waals surface area contributed by atoms with Crippen molar-refractivity contribution in [2.75, 3.05) is 13.2 Å². The average Bonchev–Trinajstić information content (AvgIpc) is 2.47. The normalized spacial score (nSPS) is 20.9. The van der Waals surface area contributed by atoms with Crippen LogP contribution in [0.2, 0.25) is 0 Å². The minimum absolute atomic E-state index is 0.112. The van der Waals surface area contributed by atoms with Crippen LogP contribution >= 0.6 is 0 Å². The maximum Gasteiger partial charge on any atom is 0.126 e. The molecule has 0 radical (unpaired) electrons. The Morgan fingerprint density at radius 2 is 2.25 bits per heavy atom. The predicted octanol–water partition coefficient (Wildman–Crippen LogP) is 4.13. The molecule has 0 aliphatic carbocycles. The Balaban J connectivity index is 1.96. The second-order valence-corrected chi connectivity index (χ2v) is 5.68. The summed E-state index contributed by atoms with van der Waals surface area (Å²) in [7, 11) is 0. The number of halogens is 1. The molecular weight excluding hydrogens is 253 g/mol. The van der Waals surface area contributed by atoms with E-state index in [2.05, 4.69) is 12.2 Å². The highest BCUT2D eigenvalue weighted by molar-refractivity contribution is 5.25. The van der Waals surface area contributed by atoms with Gasteiger partial charge in [-0.1, -0.05) is 19.1 Å². The molecule has 1 fully saturated rings. The maximum absolute atomic E-state index is 13.7. The van der Waals surface area contributed by atoms with E-state index in [0.717, 1.165) is 31.6 Å². The zero-order valence-corrected chi connectivity index (χ0v) is 12.6. The molecule has 1 saturated heterocycles. The van der Waals surface area contributed by atoms with Gasteiger partial charge in [0.1, 0.15) is 5.82 Å². The molecule has 2 rings (SSSR count). The topological polar surface area (TPSA) is 21.3 Å². The summed E-state index contributed by atoms with van der Waals surface area (Å²) >= 11 is 0. The molecule has 0 amide bonds. The van der Waals surface area contributed by atoms with Crippen LogP contribution in [-0.2, 0) is 4.74 Å². The molecule has 112 valence electrons. The van der Waals surface area contributed by atoms with Crippen molar-refractivity contribution in [1.82, 2.24) is 5.32 Å². The molecule has 0 aromatic heterocycles. The molecule has 1 aliphatic heterocycles. The molecule has 2 atom stereocenters. The molecule has 0 saturated carbocycles. The van der Waals surface area contributed by atoms with Crippen molar-refractivity contribution in [1.29, 1.82) is 0 Å². The lowest BCUT2D eigenvalue weighted by Crippen LogP contribution is -2.25. The lowest BCUT2D eigenvalue weighted by atomic mass is 9.96. The Hall–Kier alpha value is -0.930. The Bertz CT molecular complexity index is 415. The summed E-state index contributed by atoms with van der Waals surface area (Å²) in [5, 5.41) is 3.46. The summed E-state index contributed by atoms with van der Waals surface area (Å²) in [6.45, 7) is 5.69. The van der Waals surface area contributed by atoms with Crippen LogP contribution in [0.4, 0.5) is 4.39 Å². The number of rotatable bonds is 6. The van der Waals surface area contributed by atoms with E-state index in [-0.39, 0.29) is 11.9 Å². The Morgan fingerprint density at radius 1 is 1.40 bits per heavy atom. The van der Waals surface area contributed by atoms with Crippen molar-refractivity contribution in [3.8, 4) is 0 Å². The molecule has 1 aromatic rings. The van der Waals surface area contributed by atoms with Crippen molar-refractivity contribution in [3.05, 3.63) is 35.1 Å². The molecule has 3 heteroatoms. The standard InChI is InChI=1S/C17H26FNO/c1-3-19-17(10-9-15-6-4-5-11-20-15)14-8-7-13(2)16(18)12-14/h7-8,12,15,17,19H,3-6,9-11H2,1-2H3. The van der Waals surface area contributed by atoms with Crippen LogP contribution in [-0.4, -0.2) is 19.3 Å². The highest BCUT2D eigenvalue weighted by atomic mass is 19.1. The van der Waals surface area contributed by atoms with Crippen LogP contribution in [0.5, 0.6) is 0 Å². The van der Waals surface area contributed by atoms with Gasteiger partial charge in [0, 0.05) is 12.6 Å². The second-order valence-electron chi connectivity index (χ2n) is 5.68. The summed E-state index contributed by atoms with van der Waals surface area (Å²) in [6, 6.07) is 5.80. The summed E-state index contributed by atoms with van der Waals surface area (Å²) in [4.78, 5) is 0. The Labute approximate surface area is 121 Å². The van der Waals surface area contributed by atoms with E-state index in [1.165, 1.54) is 19.3 Å². The van der Waals surface area contributed by atoms with E-state index < -0.39 is 0 Å². The van der Waals surface area contributed by atoms with Crippen LogP contribution in [0.15, 0.2) is 18.2 Å². The largest absolute Gasteiger partial charge is 0.378 e. The monoisotopic (exact) mass is 279 g/mol. The third-order valence-electron chi connectivity index (χ3n) is 4.10. The van der Waals surface area contributed by atoms with Crippen LogP contribution in [0.1, 0.15) is 56.2 Å². The Kier molecular flexibility index (Phi) is 5.99. The van der Waals surface area contributed by atoms with Gasteiger partial charge in [0.05, 0.1) is 6.10 Å². The van der Waals surface area contributed by atoms with Crippen molar-refractivity contribution < 1.29 is 9.13 Å². The van der Waals surface area contributed by atoms with Gasteiger partial charge in [-0.25, -0.2) is 4.39 Å². The molecule has 0 bridgehead atoms. The van der Waals surface area contributed by atoms with E-state index in [9.17, 15) is 4.39 Å². The molecule has 1 N–H and O–H groups in total. The average molecular weight is 279 g/mol. The fourth-order valence-electron chi connectivity index (χ4n) is 2.85. The lowest BCUT2D eigenvalue weighted by molar-refractivity contribution is 0.00856. The molecule has 0 spiro atoms. The number of aryl methyl sites for hydroxylation is 1. The predicted molar refractivity (Wildman–Crippen MR) is 80.4 cm³/mol. The second kappa shape index (κ2) is 7.75. The summed E-state index contributed by atoms with van der Waals surface area (Å²) < 4.78 is 19.5. The minimum Gasteiger partial charge on any atom is -0.378 e. The van der Waals surface area contributed by atoms with Crippen molar-refractivity contribution in [2.24, 2.45) is 0 Å². The third-order valence-corrected chi connectivity index (χ3v) is 4.10. The van der Waals surface area contributed by atoms with Crippen molar-refractivity contribution in [2.45, 2.75) is 58.1 Å². The lowest BCUT2D eigenvalue weighted by Gasteiger charge is -2.25. The first-order valence-electron chi connectivity index (χ1n) is 7.81. The van der Waals surface area contributed by atoms with Crippen LogP contribution in [0.3, 0.4) is 0 Å². The molecule has 1 aromatic carbocycles. The van der Waals surface area contributed by atoms with Gasteiger partial charge in [-0.15, -0.1) is 0 Å². The van der Waals surface area contributed by atoms with Gasteiger partial charge in [-0.05, 0) is 62.8 Å². The van der Waals surface area contributed by atoms with Crippen molar-refractivity contribution in [3.63, 3.8) is 0 Å².